The molecule has 0 radical (unpaired) electrons. The minimum Gasteiger partial charge on any atom is -0.467 e. The van der Waals surface area contributed by atoms with Crippen molar-refractivity contribution < 1.29 is 33.7 Å². The number of esters is 1. The van der Waals surface area contributed by atoms with Crippen molar-refractivity contribution in [2.45, 2.75) is 84.1 Å². The number of hydrogen-bond acceptors (Lipinski definition) is 7. The zero-order valence-corrected chi connectivity index (χ0v) is 17.4. The minimum absolute atomic E-state index is 0.262. The maximum Gasteiger partial charge on any atom is 0.408 e. The van der Waals surface area contributed by atoms with Crippen molar-refractivity contribution in [1.82, 2.24) is 10.6 Å². The van der Waals surface area contributed by atoms with Crippen molar-refractivity contribution >= 4 is 18.2 Å². The van der Waals surface area contributed by atoms with Crippen LogP contribution in [-0.2, 0) is 19.0 Å². The molecule has 0 fully saturated rings. The molecule has 2 atom stereocenters. The number of hydrogen-bond donors (Lipinski definition) is 3. The lowest BCUT2D eigenvalue weighted by atomic mass is 10.1. The minimum atomic E-state index is -0.884. The molecule has 0 aromatic carbocycles. The van der Waals surface area contributed by atoms with Gasteiger partial charge in [-0.1, -0.05) is 0 Å². The molecule has 0 aromatic heterocycles. The molecule has 9 heteroatoms. The predicted molar refractivity (Wildman–Crippen MR) is 99.3 cm³/mol. The largest absolute Gasteiger partial charge is 0.467 e. The lowest BCUT2D eigenvalue weighted by Gasteiger charge is -2.24. The number of carbonyl (C=O) groups excluding carboxylic acids is 3. The number of nitrogens with one attached hydrogen (secondary N) is 2. The quantitative estimate of drug-likeness (QED) is 0.428. The summed E-state index contributed by atoms with van der Waals surface area (Å²) in [5, 5.41) is 14.5. The summed E-state index contributed by atoms with van der Waals surface area (Å²) in [7, 11) is 1.23. The molecule has 158 valence electrons. The van der Waals surface area contributed by atoms with E-state index in [1.807, 2.05) is 0 Å². The second kappa shape index (κ2) is 11.0. The standard InChI is InChI=1S/C18H34N2O7/c1-17(2,3)26-15(23)19-12(11-21)9-8-10-13(14(22)25-7)20-16(24)27-18(4,5)6/h12-13,21H,8-11H2,1-7H3,(H,19,23)(H,20,24)/t12-,13-/m1/s1. The van der Waals surface area contributed by atoms with Crippen LogP contribution in [0, 0.1) is 0 Å². The van der Waals surface area contributed by atoms with Gasteiger partial charge in [0.05, 0.1) is 19.8 Å². The van der Waals surface area contributed by atoms with Crippen molar-refractivity contribution in [1.29, 1.82) is 0 Å². The van der Waals surface area contributed by atoms with Gasteiger partial charge in [-0.3, -0.25) is 0 Å². The first-order valence-corrected chi connectivity index (χ1v) is 8.95. The van der Waals surface area contributed by atoms with Crippen molar-refractivity contribution in [2.24, 2.45) is 0 Å². The average Bonchev–Trinajstić information content (AvgIpc) is 2.48. The Kier molecular flexibility index (Phi) is 10.1. The second-order valence-electron chi connectivity index (χ2n) is 8.18. The number of methoxy groups -OCH3 is 1. The van der Waals surface area contributed by atoms with Crippen LogP contribution in [0.1, 0.15) is 60.8 Å². The first-order chi connectivity index (χ1) is 12.3. The highest BCUT2D eigenvalue weighted by atomic mass is 16.6. The van der Waals surface area contributed by atoms with Gasteiger partial charge >= 0.3 is 18.2 Å². The third-order valence-corrected chi connectivity index (χ3v) is 3.16. The molecule has 0 aromatic rings. The summed E-state index contributed by atoms with van der Waals surface area (Å²) >= 11 is 0. The molecule has 27 heavy (non-hydrogen) atoms. The van der Waals surface area contributed by atoms with Gasteiger partial charge in [-0.05, 0) is 60.8 Å². The summed E-state index contributed by atoms with van der Waals surface area (Å²) in [4.78, 5) is 35.5. The highest BCUT2D eigenvalue weighted by molar-refractivity contribution is 5.81. The predicted octanol–water partition coefficient (Wildman–Crippen LogP) is 2.11. The highest BCUT2D eigenvalue weighted by Gasteiger charge is 2.25. The Morgan fingerprint density at radius 1 is 0.889 bits per heavy atom. The zero-order chi connectivity index (χ0) is 21.3. The van der Waals surface area contributed by atoms with Crippen molar-refractivity contribution in [3.63, 3.8) is 0 Å². The maximum atomic E-state index is 11.9. The molecule has 0 rings (SSSR count). The van der Waals surface area contributed by atoms with Gasteiger partial charge in [-0.15, -0.1) is 0 Å². The number of amides is 2. The summed E-state index contributed by atoms with van der Waals surface area (Å²) in [6.45, 7) is 10.1. The molecule has 9 nitrogen and oxygen atoms in total. The summed E-state index contributed by atoms with van der Waals surface area (Å²) in [5.41, 5.74) is -1.33. The van der Waals surface area contributed by atoms with Crippen molar-refractivity contribution in [2.75, 3.05) is 13.7 Å². The maximum absolute atomic E-state index is 11.9. The Bertz CT molecular complexity index is 495. The van der Waals surface area contributed by atoms with Crippen LogP contribution < -0.4 is 10.6 Å². The summed E-state index contributed by atoms with van der Waals surface area (Å²) in [5.74, 6) is -0.596. The van der Waals surface area contributed by atoms with Crippen LogP contribution in [0.5, 0.6) is 0 Å². The fourth-order valence-electron chi connectivity index (χ4n) is 2.09. The Balaban J connectivity index is 4.58. The Labute approximate surface area is 161 Å². The van der Waals surface area contributed by atoms with Crippen LogP contribution in [-0.4, -0.2) is 60.3 Å². The molecule has 0 heterocycles. The molecule has 0 aliphatic rings. The fraction of sp³-hybridized carbons (Fsp3) is 0.833. The van der Waals surface area contributed by atoms with Crippen molar-refractivity contribution in [3.8, 4) is 0 Å². The number of alkyl carbamates (subject to hydrolysis) is 2. The van der Waals surface area contributed by atoms with Crippen LogP contribution in [0.4, 0.5) is 9.59 Å². The lowest BCUT2D eigenvalue weighted by molar-refractivity contribution is -0.143. The molecule has 3 N–H and O–H groups in total. The van der Waals surface area contributed by atoms with E-state index < -0.39 is 41.4 Å². The van der Waals surface area contributed by atoms with Gasteiger partial charge in [0, 0.05) is 0 Å². The van der Waals surface area contributed by atoms with Gasteiger partial charge < -0.3 is 30.0 Å². The first-order valence-electron chi connectivity index (χ1n) is 8.95. The topological polar surface area (TPSA) is 123 Å². The smallest absolute Gasteiger partial charge is 0.408 e. The van der Waals surface area contributed by atoms with Gasteiger partial charge in [0.1, 0.15) is 17.2 Å². The molecule has 0 bridgehead atoms. The molecule has 0 aliphatic heterocycles. The van der Waals surface area contributed by atoms with Gasteiger partial charge in [0.15, 0.2) is 0 Å². The zero-order valence-electron chi connectivity index (χ0n) is 17.4. The van der Waals surface area contributed by atoms with Crippen molar-refractivity contribution in [3.05, 3.63) is 0 Å². The molecule has 2 amide bonds. The Morgan fingerprint density at radius 2 is 1.37 bits per heavy atom. The SMILES string of the molecule is COC(=O)[C@@H](CCC[C@H](CO)NC(=O)OC(C)(C)C)NC(=O)OC(C)(C)C. The monoisotopic (exact) mass is 390 g/mol. The normalized spacial score (nSPS) is 13.9. The van der Waals surface area contributed by atoms with Crippen LogP contribution in [0.25, 0.3) is 0 Å². The summed E-state index contributed by atoms with van der Waals surface area (Å²) < 4.78 is 15.0. The van der Waals surface area contributed by atoms with E-state index in [0.29, 0.717) is 12.8 Å². The van der Waals surface area contributed by atoms with Gasteiger partial charge in [-0.2, -0.15) is 0 Å². The second-order valence-corrected chi connectivity index (χ2v) is 8.18. The molecular formula is C18H34N2O7. The van der Waals surface area contributed by atoms with E-state index in [2.05, 4.69) is 10.6 Å². The van der Waals surface area contributed by atoms with E-state index in [9.17, 15) is 19.5 Å². The number of ether oxygens (including phenoxy) is 3. The molecule has 0 unspecified atom stereocenters. The van der Waals surface area contributed by atoms with E-state index in [4.69, 9.17) is 14.2 Å². The molecule has 0 aliphatic carbocycles. The average molecular weight is 390 g/mol. The third-order valence-electron chi connectivity index (χ3n) is 3.16. The number of aliphatic hydroxyl groups excluding tert-OH is 1. The highest BCUT2D eigenvalue weighted by Crippen LogP contribution is 2.11. The molecule has 0 saturated heterocycles. The van der Waals surface area contributed by atoms with E-state index in [-0.39, 0.29) is 13.0 Å². The van der Waals surface area contributed by atoms with Gasteiger partial charge in [0.2, 0.25) is 0 Å². The third kappa shape index (κ3) is 12.9. The van der Waals surface area contributed by atoms with Gasteiger partial charge in [-0.25, -0.2) is 14.4 Å². The first kappa shape index (κ1) is 25.0. The van der Waals surface area contributed by atoms with Crippen LogP contribution in [0.15, 0.2) is 0 Å². The lowest BCUT2D eigenvalue weighted by Crippen LogP contribution is -2.44. The van der Waals surface area contributed by atoms with Gasteiger partial charge in [0.25, 0.3) is 0 Å². The van der Waals surface area contributed by atoms with E-state index >= 15 is 0 Å². The van der Waals surface area contributed by atoms with Crippen LogP contribution in [0.2, 0.25) is 0 Å². The Morgan fingerprint density at radius 3 is 1.78 bits per heavy atom. The Hall–Kier alpha value is -2.03. The number of carbonyl (C=O) groups is 3. The van der Waals surface area contributed by atoms with Crippen LogP contribution in [0.3, 0.4) is 0 Å². The number of rotatable bonds is 8. The summed E-state index contributed by atoms with van der Waals surface area (Å²) in [6.07, 6.45) is -0.254. The number of aliphatic hydroxyl groups is 1. The van der Waals surface area contributed by atoms with Crippen LogP contribution >= 0.6 is 0 Å². The molecule has 0 saturated carbocycles. The van der Waals surface area contributed by atoms with E-state index in [0.717, 1.165) is 0 Å². The molecule has 0 spiro atoms. The van der Waals surface area contributed by atoms with E-state index in [1.54, 1.807) is 41.5 Å². The molecular weight excluding hydrogens is 356 g/mol. The van der Waals surface area contributed by atoms with E-state index in [1.165, 1.54) is 7.11 Å². The fourth-order valence-corrected chi connectivity index (χ4v) is 2.09. The summed E-state index contributed by atoms with van der Waals surface area (Å²) in [6, 6.07) is -1.41.